The number of hydrogen-bond acceptors (Lipinski definition) is 8. The molecule has 0 radical (unpaired) electrons. The molecule has 1 saturated carbocycles. The fraction of sp³-hybridized carbons (Fsp3) is 0.583. The molecule has 0 amide bonds. The summed E-state index contributed by atoms with van der Waals surface area (Å²) in [6.07, 6.45) is 7.82. The number of aliphatic hydroxyl groups is 1. The van der Waals surface area contributed by atoms with Gasteiger partial charge in [-0.15, -0.1) is 0 Å². The van der Waals surface area contributed by atoms with Crippen LogP contribution in [0.4, 0.5) is 0 Å². The van der Waals surface area contributed by atoms with Crippen molar-refractivity contribution in [3.05, 3.63) is 35.8 Å². The van der Waals surface area contributed by atoms with E-state index in [0.29, 0.717) is 23.8 Å². The lowest BCUT2D eigenvalue weighted by Crippen LogP contribution is -2.64. The molecule has 1 spiro atoms. The van der Waals surface area contributed by atoms with Gasteiger partial charge in [-0.2, -0.15) is 0 Å². The van der Waals surface area contributed by atoms with Crippen LogP contribution >= 0.6 is 0 Å². The highest BCUT2D eigenvalue weighted by Gasteiger charge is 2.69. The molecule has 2 heterocycles. The number of piperidine rings is 1. The molecule has 5 rings (SSSR count). The van der Waals surface area contributed by atoms with E-state index in [-0.39, 0.29) is 17.3 Å². The van der Waals surface area contributed by atoms with E-state index in [0.717, 1.165) is 30.9 Å². The molecule has 2 unspecified atom stereocenters. The summed E-state index contributed by atoms with van der Waals surface area (Å²) in [7, 11) is 3.91. The quantitative estimate of drug-likeness (QED) is 0.411. The highest BCUT2D eigenvalue weighted by molar-refractivity contribution is 5.96. The largest absolute Gasteiger partial charge is 0.493 e. The van der Waals surface area contributed by atoms with Gasteiger partial charge in [0, 0.05) is 23.3 Å². The second-order valence-corrected chi connectivity index (χ2v) is 9.84. The Labute approximate surface area is 201 Å². The van der Waals surface area contributed by atoms with E-state index >= 15 is 0 Å². The van der Waals surface area contributed by atoms with Crippen molar-refractivity contribution in [1.29, 1.82) is 0 Å². The molecule has 2 saturated heterocycles. The molecule has 2 bridgehead atoms. The third kappa shape index (κ3) is 3.92. The highest BCUT2D eigenvalue weighted by Crippen LogP contribution is 2.66. The molecule has 35 heavy (non-hydrogen) atoms. The number of carbonyl (C=O) groups is 4. The molecule has 0 aromatic carbocycles. The Morgan fingerprint density at radius 3 is 2.40 bits per heavy atom. The summed E-state index contributed by atoms with van der Waals surface area (Å²) in [5.74, 6) is -1.95. The predicted molar refractivity (Wildman–Crippen MR) is 118 cm³/mol. The third-order valence-corrected chi connectivity index (χ3v) is 8.00. The van der Waals surface area contributed by atoms with Crippen molar-refractivity contribution < 1.29 is 49.1 Å². The smallest absolute Gasteiger partial charge is 0.336 e. The average molecular weight is 491 g/mol. The first-order valence-corrected chi connectivity index (χ1v) is 11.4. The number of ether oxygens (including phenoxy) is 2. The zero-order valence-corrected chi connectivity index (χ0v) is 19.4. The minimum absolute atomic E-state index is 0.0597. The van der Waals surface area contributed by atoms with Crippen LogP contribution in [0.2, 0.25) is 0 Å². The fourth-order valence-corrected chi connectivity index (χ4v) is 6.55. The van der Waals surface area contributed by atoms with Gasteiger partial charge in [0.25, 0.3) is 0 Å². The van der Waals surface area contributed by atoms with Gasteiger partial charge in [0.15, 0.2) is 23.2 Å². The van der Waals surface area contributed by atoms with Crippen molar-refractivity contribution in [3.8, 4) is 0 Å². The maximum Gasteiger partial charge on any atom is 0.336 e. The first kappa shape index (κ1) is 24.9. The molecule has 11 nitrogen and oxygen atoms in total. The number of hydrogen-bond donors (Lipinski definition) is 4. The molecule has 2 aliphatic heterocycles. The maximum absolute atomic E-state index is 12.6. The van der Waals surface area contributed by atoms with Gasteiger partial charge in [-0.3, -0.25) is 14.4 Å². The van der Waals surface area contributed by atoms with Crippen LogP contribution in [0.5, 0.6) is 0 Å². The van der Waals surface area contributed by atoms with Crippen molar-refractivity contribution in [1.82, 2.24) is 4.90 Å². The van der Waals surface area contributed by atoms with Gasteiger partial charge in [0.05, 0.1) is 20.0 Å². The lowest BCUT2D eigenvalue weighted by Gasteiger charge is -2.59. The fourth-order valence-electron chi connectivity index (χ4n) is 6.55. The number of methoxy groups -OCH3 is 1. The SMILES string of the molecule is COC1=C2O[C@H]3C(=O)C=C[C@H]4[C@H]5CC(C=C1)C2[C@@]34CCN5C.O=C(O)CC(O)(CC(=O)O)C(=O)O. The normalized spacial score (nSPS) is 34.4. The molecule has 0 aromatic heterocycles. The van der Waals surface area contributed by atoms with E-state index in [4.69, 9.17) is 29.9 Å². The number of aliphatic carboxylic acids is 3. The van der Waals surface area contributed by atoms with E-state index in [9.17, 15) is 19.2 Å². The van der Waals surface area contributed by atoms with Crippen LogP contribution in [-0.2, 0) is 28.7 Å². The lowest BCUT2D eigenvalue weighted by atomic mass is 9.48. The highest BCUT2D eigenvalue weighted by atomic mass is 16.5. The van der Waals surface area contributed by atoms with E-state index < -0.39 is 36.4 Å². The molecule has 4 N–H and O–H groups in total. The topological polar surface area (TPSA) is 171 Å². The monoisotopic (exact) mass is 491 g/mol. The van der Waals surface area contributed by atoms with Crippen molar-refractivity contribution in [2.75, 3.05) is 20.7 Å². The van der Waals surface area contributed by atoms with E-state index in [1.54, 1.807) is 13.2 Å². The van der Waals surface area contributed by atoms with Gasteiger partial charge < -0.3 is 34.8 Å². The minimum Gasteiger partial charge on any atom is -0.493 e. The Balaban J connectivity index is 0.000000193. The van der Waals surface area contributed by atoms with Crippen molar-refractivity contribution in [2.24, 2.45) is 23.2 Å². The molecular formula is C24H29NO10. The van der Waals surface area contributed by atoms with E-state index in [1.807, 2.05) is 6.08 Å². The van der Waals surface area contributed by atoms with Gasteiger partial charge >= 0.3 is 17.9 Å². The lowest BCUT2D eigenvalue weighted by molar-refractivity contribution is -0.170. The van der Waals surface area contributed by atoms with Gasteiger partial charge in [-0.25, -0.2) is 4.79 Å². The molecule has 0 aromatic rings. The van der Waals surface area contributed by atoms with Crippen LogP contribution in [0, 0.1) is 23.2 Å². The van der Waals surface area contributed by atoms with E-state index in [1.165, 1.54) is 0 Å². The van der Waals surface area contributed by atoms with Crippen molar-refractivity contribution >= 4 is 23.7 Å². The van der Waals surface area contributed by atoms with Crippen LogP contribution in [0.25, 0.3) is 0 Å². The second kappa shape index (κ2) is 8.80. The third-order valence-electron chi connectivity index (χ3n) is 8.00. The minimum atomic E-state index is -2.74. The van der Waals surface area contributed by atoms with Gasteiger partial charge in [0.2, 0.25) is 0 Å². The number of nitrogens with zero attached hydrogens (tertiary/aromatic N) is 1. The van der Waals surface area contributed by atoms with Crippen molar-refractivity contribution in [2.45, 2.75) is 43.4 Å². The summed E-state index contributed by atoms with van der Waals surface area (Å²) in [6.45, 7) is 1.05. The standard InChI is InChI=1S/C18H21NO3.C6H8O7/c1-19-8-7-18-11-4-5-13(20)17(18)22-16-14(21-2)6-3-10(15(16)18)9-12(11)19;7-3(8)1-6(13,5(11)12)2-4(9)10/h3-6,10-12,15,17H,7-9H2,1-2H3;13H,1-2H2,(H,7,8)(H,9,10)(H,11,12)/t10?,11-,12+,15?,17-,18-;/m0./s1. The Morgan fingerprint density at radius 2 is 1.83 bits per heavy atom. The molecular weight excluding hydrogens is 462 g/mol. The summed E-state index contributed by atoms with van der Waals surface area (Å²) < 4.78 is 11.8. The van der Waals surface area contributed by atoms with Gasteiger partial charge in [0.1, 0.15) is 5.76 Å². The number of carbonyl (C=O) groups excluding carboxylic acids is 1. The predicted octanol–water partition coefficient (Wildman–Crippen LogP) is 0.646. The number of likely N-dealkylation sites (tertiary alicyclic amines) is 1. The number of allylic oxidation sites excluding steroid dienone is 3. The molecule has 11 heteroatoms. The first-order valence-electron chi connectivity index (χ1n) is 11.4. The van der Waals surface area contributed by atoms with Gasteiger partial charge in [-0.05, 0) is 44.5 Å². The first-order chi connectivity index (χ1) is 16.4. The van der Waals surface area contributed by atoms with Crippen LogP contribution in [0.3, 0.4) is 0 Å². The van der Waals surface area contributed by atoms with E-state index in [2.05, 4.69) is 24.1 Å². The van der Waals surface area contributed by atoms with Crippen LogP contribution in [0.1, 0.15) is 25.7 Å². The van der Waals surface area contributed by atoms with Crippen LogP contribution in [-0.4, -0.2) is 87.5 Å². The van der Waals surface area contributed by atoms with Crippen LogP contribution in [0.15, 0.2) is 35.8 Å². The molecule has 3 aliphatic carbocycles. The number of carboxylic acid groups (broad SMARTS) is 3. The van der Waals surface area contributed by atoms with Crippen LogP contribution < -0.4 is 0 Å². The number of ketones is 1. The summed E-state index contributed by atoms with van der Waals surface area (Å²) in [6, 6.07) is 0.513. The number of rotatable bonds is 6. The Kier molecular flexibility index (Phi) is 6.26. The summed E-state index contributed by atoms with van der Waals surface area (Å²) >= 11 is 0. The molecule has 190 valence electrons. The molecule has 5 aliphatic rings. The zero-order valence-electron chi connectivity index (χ0n) is 19.4. The Morgan fingerprint density at radius 1 is 1.17 bits per heavy atom. The Bertz CT molecular complexity index is 1030. The van der Waals surface area contributed by atoms with Crippen molar-refractivity contribution in [3.63, 3.8) is 0 Å². The second-order valence-electron chi connectivity index (χ2n) is 9.84. The zero-order chi connectivity index (χ0) is 25.7. The molecule has 3 fully saturated rings. The Hall–Kier alpha value is -3.18. The van der Waals surface area contributed by atoms with Gasteiger partial charge in [-0.1, -0.05) is 12.2 Å². The molecule has 6 atom stereocenters. The summed E-state index contributed by atoms with van der Waals surface area (Å²) in [5.41, 5.74) is -2.80. The summed E-state index contributed by atoms with van der Waals surface area (Å²) in [4.78, 5) is 45.5. The maximum atomic E-state index is 12.6. The average Bonchev–Trinajstić information content (AvgIpc) is 3.12. The summed E-state index contributed by atoms with van der Waals surface area (Å²) in [5, 5.41) is 33.8. The number of carboxylic acids is 3.